The number of phenolic OH excluding ortho intramolecular Hbond substituents is 4. The monoisotopic (exact) mass is 784 g/mol. The van der Waals surface area contributed by atoms with E-state index in [1.807, 2.05) is 54.6 Å². The smallest absolute Gasteiger partial charge is 0.134 e. The number of hydrogen-bond donors (Lipinski definition) is 4. The summed E-state index contributed by atoms with van der Waals surface area (Å²) in [6.45, 7) is 4.41. The van der Waals surface area contributed by atoms with Crippen LogP contribution in [0.2, 0.25) is 20.1 Å². The molecule has 0 aromatic heterocycles. The first-order chi connectivity index (χ1) is 25.0. The third-order valence-corrected chi connectivity index (χ3v) is 9.43. The summed E-state index contributed by atoms with van der Waals surface area (Å²) in [5.41, 5.74) is 4.14. The number of hydrogen-bond acceptors (Lipinski definition) is 4. The summed E-state index contributed by atoms with van der Waals surface area (Å²) in [5.74, 6) is 0.931. The van der Waals surface area contributed by atoms with Crippen molar-refractivity contribution in [3.8, 4) is 23.0 Å². The SMILES string of the molecule is CCCCCCCc1cccc(O)c1Cl.CCCCCCc1cccc(O)c1Cl.Oc1ccc(Cl)cc1.Oc1ccc(Cl)cc1Cc1ccccc1. The molecule has 0 aliphatic rings. The van der Waals surface area contributed by atoms with Gasteiger partial charge in [-0.2, -0.15) is 0 Å². The Morgan fingerprint density at radius 3 is 1.40 bits per heavy atom. The van der Waals surface area contributed by atoms with E-state index in [0.717, 1.165) is 47.9 Å². The van der Waals surface area contributed by atoms with Crippen LogP contribution in [0.25, 0.3) is 0 Å². The lowest BCUT2D eigenvalue weighted by Crippen LogP contribution is -1.88. The number of rotatable bonds is 13. The first kappa shape index (κ1) is 44.6. The molecule has 0 heterocycles. The summed E-state index contributed by atoms with van der Waals surface area (Å²) in [4.78, 5) is 0. The zero-order valence-corrected chi connectivity index (χ0v) is 33.2. The maximum absolute atomic E-state index is 9.64. The summed E-state index contributed by atoms with van der Waals surface area (Å²) < 4.78 is 0. The maximum Gasteiger partial charge on any atom is 0.134 e. The second kappa shape index (κ2) is 26.3. The fourth-order valence-corrected chi connectivity index (χ4v) is 5.89. The van der Waals surface area contributed by atoms with Crippen molar-refractivity contribution in [1.82, 2.24) is 0 Å². The van der Waals surface area contributed by atoms with Crippen LogP contribution in [0.15, 0.2) is 109 Å². The van der Waals surface area contributed by atoms with Gasteiger partial charge in [0.1, 0.15) is 23.0 Å². The van der Waals surface area contributed by atoms with Gasteiger partial charge in [-0.1, -0.05) is 160 Å². The van der Waals surface area contributed by atoms with Gasteiger partial charge < -0.3 is 20.4 Å². The molecule has 0 spiro atoms. The number of halogens is 4. The van der Waals surface area contributed by atoms with Crippen LogP contribution in [0.4, 0.5) is 0 Å². The normalized spacial score (nSPS) is 10.2. The first-order valence-electron chi connectivity index (χ1n) is 17.9. The number of unbranched alkanes of at least 4 members (excludes halogenated alkanes) is 7. The van der Waals surface area contributed by atoms with Gasteiger partial charge in [-0.3, -0.25) is 0 Å². The molecule has 5 aromatic carbocycles. The largest absolute Gasteiger partial charge is 0.508 e. The van der Waals surface area contributed by atoms with E-state index < -0.39 is 0 Å². The van der Waals surface area contributed by atoms with E-state index in [1.165, 1.54) is 44.9 Å². The van der Waals surface area contributed by atoms with Gasteiger partial charge >= 0.3 is 0 Å². The molecule has 0 aliphatic carbocycles. The molecule has 0 fully saturated rings. The van der Waals surface area contributed by atoms with E-state index in [-0.39, 0.29) is 17.2 Å². The lowest BCUT2D eigenvalue weighted by molar-refractivity contribution is 0.469. The van der Waals surface area contributed by atoms with E-state index in [1.54, 1.807) is 54.6 Å². The Labute approximate surface area is 330 Å². The quantitative estimate of drug-likeness (QED) is 0.0896. The summed E-state index contributed by atoms with van der Waals surface area (Å²) >= 11 is 23.3. The van der Waals surface area contributed by atoms with Crippen molar-refractivity contribution >= 4 is 46.4 Å². The Kier molecular flexibility index (Phi) is 22.5. The van der Waals surface area contributed by atoms with Crippen LogP contribution >= 0.6 is 46.4 Å². The molecular formula is C44H52Cl4O4. The minimum Gasteiger partial charge on any atom is -0.508 e. The van der Waals surface area contributed by atoms with Crippen LogP contribution in [-0.4, -0.2) is 20.4 Å². The van der Waals surface area contributed by atoms with Crippen LogP contribution in [0, 0.1) is 0 Å². The minimum absolute atomic E-state index is 0.194. The van der Waals surface area contributed by atoms with E-state index in [0.29, 0.717) is 32.3 Å². The van der Waals surface area contributed by atoms with Crippen molar-refractivity contribution < 1.29 is 20.4 Å². The van der Waals surface area contributed by atoms with Crippen LogP contribution in [0.3, 0.4) is 0 Å². The molecule has 4 nitrogen and oxygen atoms in total. The van der Waals surface area contributed by atoms with E-state index in [9.17, 15) is 15.3 Å². The molecular weight excluding hydrogens is 734 g/mol. The van der Waals surface area contributed by atoms with Crippen LogP contribution in [-0.2, 0) is 19.3 Å². The molecule has 0 bridgehead atoms. The number of aromatic hydroxyl groups is 4. The average Bonchev–Trinajstić information content (AvgIpc) is 3.14. The maximum atomic E-state index is 9.64. The highest BCUT2D eigenvalue weighted by Crippen LogP contribution is 2.29. The molecule has 0 unspecified atom stereocenters. The molecule has 280 valence electrons. The predicted octanol–water partition coefficient (Wildman–Crippen LogP) is 14.4. The molecule has 0 atom stereocenters. The second-order valence-corrected chi connectivity index (χ2v) is 14.0. The molecule has 0 amide bonds. The van der Waals surface area contributed by atoms with Crippen molar-refractivity contribution in [3.63, 3.8) is 0 Å². The standard InChI is InChI=1S/C13H11ClO.C13H19ClO.C12H17ClO.C6H5ClO/c14-12-6-7-13(15)11(9-12)8-10-4-2-1-3-5-10;1-2-3-4-5-6-8-11-9-7-10-12(15)13(11)14;1-2-3-4-5-7-10-8-6-9-11(14)12(10)13;7-5-1-3-6(8)4-2-5/h1-7,9,15H,8H2;7,9-10,15H,2-6,8H2,1H3;6,8-9,14H,2-5,7H2,1H3;1-4,8H. The van der Waals surface area contributed by atoms with Crippen LogP contribution in [0.5, 0.6) is 23.0 Å². The molecule has 0 radical (unpaired) electrons. The Morgan fingerprint density at radius 1 is 0.423 bits per heavy atom. The lowest BCUT2D eigenvalue weighted by Gasteiger charge is -2.05. The van der Waals surface area contributed by atoms with Gasteiger partial charge in [-0.15, -0.1) is 0 Å². The molecule has 4 N–H and O–H groups in total. The third-order valence-electron chi connectivity index (χ3n) is 8.07. The van der Waals surface area contributed by atoms with E-state index >= 15 is 0 Å². The highest BCUT2D eigenvalue weighted by molar-refractivity contribution is 6.33. The molecule has 0 aliphatic heterocycles. The molecule has 8 heteroatoms. The number of benzene rings is 5. The van der Waals surface area contributed by atoms with Crippen LogP contribution < -0.4 is 0 Å². The highest BCUT2D eigenvalue weighted by atomic mass is 35.5. The van der Waals surface area contributed by atoms with Crippen molar-refractivity contribution in [2.24, 2.45) is 0 Å². The van der Waals surface area contributed by atoms with Gasteiger partial charge in [-0.05, 0) is 103 Å². The fourth-order valence-electron chi connectivity index (χ4n) is 5.13. The highest BCUT2D eigenvalue weighted by Gasteiger charge is 2.05. The van der Waals surface area contributed by atoms with E-state index in [2.05, 4.69) is 13.8 Å². The predicted molar refractivity (Wildman–Crippen MR) is 222 cm³/mol. The summed E-state index contributed by atoms with van der Waals surface area (Å²) in [6, 6.07) is 32.4. The van der Waals surface area contributed by atoms with Gasteiger partial charge in [0.15, 0.2) is 0 Å². The molecule has 0 saturated heterocycles. The Balaban J connectivity index is 0.000000245. The summed E-state index contributed by atoms with van der Waals surface area (Å²) in [5, 5.41) is 39.4. The van der Waals surface area contributed by atoms with Gasteiger partial charge in [-0.25, -0.2) is 0 Å². The van der Waals surface area contributed by atoms with Crippen molar-refractivity contribution in [2.75, 3.05) is 0 Å². The summed E-state index contributed by atoms with van der Waals surface area (Å²) in [6.07, 6.45) is 13.8. The topological polar surface area (TPSA) is 80.9 Å². The second-order valence-electron chi connectivity index (χ2n) is 12.4. The van der Waals surface area contributed by atoms with Gasteiger partial charge in [0.25, 0.3) is 0 Å². The zero-order chi connectivity index (χ0) is 38.1. The zero-order valence-electron chi connectivity index (χ0n) is 30.2. The summed E-state index contributed by atoms with van der Waals surface area (Å²) in [7, 11) is 0. The average molecular weight is 787 g/mol. The van der Waals surface area contributed by atoms with Crippen molar-refractivity contribution in [2.45, 2.75) is 90.9 Å². The van der Waals surface area contributed by atoms with Gasteiger partial charge in [0, 0.05) is 16.5 Å². The fraction of sp³-hybridized carbons (Fsp3) is 0.318. The number of phenols is 4. The minimum atomic E-state index is 0.194. The van der Waals surface area contributed by atoms with Crippen molar-refractivity contribution in [3.05, 3.63) is 152 Å². The Hall–Kier alpha value is -3.54. The molecule has 5 aromatic rings. The Morgan fingerprint density at radius 2 is 0.904 bits per heavy atom. The van der Waals surface area contributed by atoms with Crippen LogP contribution in [0.1, 0.15) is 93.9 Å². The molecule has 52 heavy (non-hydrogen) atoms. The number of aryl methyl sites for hydroxylation is 2. The van der Waals surface area contributed by atoms with Gasteiger partial charge in [0.2, 0.25) is 0 Å². The lowest BCUT2D eigenvalue weighted by atomic mass is 10.0. The van der Waals surface area contributed by atoms with Crippen molar-refractivity contribution in [1.29, 1.82) is 0 Å². The van der Waals surface area contributed by atoms with E-state index in [4.69, 9.17) is 51.5 Å². The Bertz CT molecular complexity index is 1670. The van der Waals surface area contributed by atoms with Gasteiger partial charge in [0.05, 0.1) is 10.0 Å². The third kappa shape index (κ3) is 18.3. The molecule has 0 saturated carbocycles. The molecule has 5 rings (SSSR count). The first-order valence-corrected chi connectivity index (χ1v) is 19.4.